The number of hydrogen-bond donors (Lipinski definition) is 0. The van der Waals surface area contributed by atoms with Gasteiger partial charge in [-0.25, -0.2) is 4.79 Å². The maximum Gasteiger partial charge on any atom is 0.668 e. The number of ether oxygens (including phenoxy) is 1. The molecule has 8 nitrogen and oxygen atoms in total. The summed E-state index contributed by atoms with van der Waals surface area (Å²) >= 11 is 0. The minimum absolute atomic E-state index is 0.0399. The van der Waals surface area contributed by atoms with Crippen molar-refractivity contribution < 1.29 is 27.8 Å². The van der Waals surface area contributed by atoms with Gasteiger partial charge < -0.3 is 13.8 Å². The number of phosphoric acid groups is 1. The molecule has 2 rings (SSSR count). The van der Waals surface area contributed by atoms with Gasteiger partial charge in [0.15, 0.2) is 0 Å². The minimum atomic E-state index is -4.34. The van der Waals surface area contributed by atoms with Crippen LogP contribution in [0.25, 0.3) is 0 Å². The van der Waals surface area contributed by atoms with Crippen molar-refractivity contribution in [3.05, 3.63) is 60.7 Å². The summed E-state index contributed by atoms with van der Waals surface area (Å²) in [5.74, 6) is -0.630. The van der Waals surface area contributed by atoms with E-state index in [0.29, 0.717) is 0 Å². The van der Waals surface area contributed by atoms with Gasteiger partial charge >= 0.3 is 13.8 Å². The van der Waals surface area contributed by atoms with Gasteiger partial charge in [-0.15, -0.1) is 0 Å². The number of benzene rings is 2. The summed E-state index contributed by atoms with van der Waals surface area (Å²) in [5, 5.41) is 12.3. The first-order valence-corrected chi connectivity index (χ1v) is 8.95. The van der Waals surface area contributed by atoms with Crippen LogP contribution in [-0.2, 0) is 18.7 Å². The number of rotatable bonds is 8. The molecule has 0 N–H and O–H groups in total. The highest BCUT2D eigenvalue weighted by Crippen LogP contribution is 2.49. The average molecular weight is 374 g/mol. The molecule has 0 aliphatic heterocycles. The van der Waals surface area contributed by atoms with E-state index in [-0.39, 0.29) is 18.1 Å². The molecule has 26 heavy (non-hydrogen) atoms. The van der Waals surface area contributed by atoms with Crippen LogP contribution in [0.1, 0.15) is 6.92 Å². The van der Waals surface area contributed by atoms with Gasteiger partial charge in [-0.1, -0.05) is 41.6 Å². The molecule has 0 radical (unpaired) electrons. The fraction of sp³-hybridized carbons (Fsp3) is 0.118. The number of oxime groups is 1. The second-order valence-corrected chi connectivity index (χ2v) is 6.03. The largest absolute Gasteiger partial charge is 0.668 e. The summed E-state index contributed by atoms with van der Waals surface area (Å²) in [6, 6.07) is 17.7. The van der Waals surface area contributed by atoms with Gasteiger partial charge in [0, 0.05) is 0 Å². The molecule has 0 unspecified atom stereocenters. The molecule has 0 atom stereocenters. The quantitative estimate of drug-likeness (QED) is 0.300. The lowest BCUT2D eigenvalue weighted by Crippen LogP contribution is -2.16. The second kappa shape index (κ2) is 9.25. The third-order valence-corrected chi connectivity index (χ3v) is 3.88. The molecular weight excluding hydrogens is 359 g/mol. The number of esters is 1. The van der Waals surface area contributed by atoms with Crippen LogP contribution in [0.5, 0.6) is 11.5 Å². The van der Waals surface area contributed by atoms with Gasteiger partial charge in [0.05, 0.1) is 6.61 Å². The smallest absolute Gasteiger partial charge is 0.461 e. The molecule has 2 aromatic carbocycles. The molecule has 0 amide bonds. The van der Waals surface area contributed by atoms with E-state index in [1.165, 1.54) is 30.3 Å². The van der Waals surface area contributed by atoms with E-state index >= 15 is 0 Å². The first kappa shape index (κ1) is 19.0. The van der Waals surface area contributed by atoms with Crippen molar-refractivity contribution in [3.8, 4) is 17.6 Å². The number of para-hydroxylation sites is 2. The van der Waals surface area contributed by atoms with Crippen molar-refractivity contribution in [1.82, 2.24) is 0 Å². The van der Waals surface area contributed by atoms with Crippen LogP contribution in [0, 0.1) is 11.3 Å². The van der Waals surface area contributed by atoms with Crippen molar-refractivity contribution in [2.24, 2.45) is 5.16 Å². The predicted molar refractivity (Wildman–Crippen MR) is 92.5 cm³/mol. The van der Waals surface area contributed by atoms with Crippen LogP contribution in [0.2, 0.25) is 0 Å². The Hall–Kier alpha value is -3.30. The van der Waals surface area contributed by atoms with E-state index in [0.717, 1.165) is 0 Å². The van der Waals surface area contributed by atoms with E-state index in [2.05, 4.69) is 9.89 Å². The Labute approximate surface area is 150 Å². The SMILES string of the molecule is CCOC(=O)C(C#N)=NOP(=O)(Oc1ccccc1)Oc1ccccc1. The third-order valence-electron chi connectivity index (χ3n) is 2.73. The zero-order chi connectivity index (χ0) is 18.8. The lowest BCUT2D eigenvalue weighted by atomic mass is 10.3. The van der Waals surface area contributed by atoms with Crippen molar-refractivity contribution in [3.63, 3.8) is 0 Å². The molecule has 9 heteroatoms. The van der Waals surface area contributed by atoms with Gasteiger partial charge in [0.2, 0.25) is 0 Å². The van der Waals surface area contributed by atoms with Gasteiger partial charge in [0.25, 0.3) is 5.71 Å². The molecule has 0 spiro atoms. The summed E-state index contributed by atoms with van der Waals surface area (Å²) < 4.78 is 33.0. The van der Waals surface area contributed by atoms with E-state index in [1.807, 2.05) is 0 Å². The molecular formula is C17H15N2O6P. The van der Waals surface area contributed by atoms with Crippen LogP contribution in [0.15, 0.2) is 65.8 Å². The first-order chi connectivity index (χ1) is 12.6. The lowest BCUT2D eigenvalue weighted by Gasteiger charge is -2.16. The molecule has 2 aromatic rings. The second-order valence-electron chi connectivity index (χ2n) is 4.61. The van der Waals surface area contributed by atoms with E-state index < -0.39 is 19.5 Å². The number of phosphoric ester groups is 1. The summed E-state index contributed by atoms with van der Waals surface area (Å²) in [6.45, 7) is 1.61. The Bertz CT molecular complexity index is 803. The standard InChI is InChI=1S/C17H15N2O6P/c1-2-22-17(20)16(13-18)19-25-26(21,23-14-9-5-3-6-10-14)24-15-11-7-4-8-12-15/h3-12H,2H2,1H3. The van der Waals surface area contributed by atoms with Crippen molar-refractivity contribution in [1.29, 1.82) is 5.26 Å². The van der Waals surface area contributed by atoms with Crippen LogP contribution in [0.3, 0.4) is 0 Å². The summed E-state index contributed by atoms with van der Waals surface area (Å²) in [7, 11) is -4.34. The molecule has 134 valence electrons. The normalized spacial score (nSPS) is 11.2. The number of carbonyl (C=O) groups is 1. The molecule has 0 aliphatic rings. The highest BCUT2D eigenvalue weighted by atomic mass is 31.2. The highest BCUT2D eigenvalue weighted by Gasteiger charge is 2.34. The number of carbonyl (C=O) groups excluding carboxylic acids is 1. The minimum Gasteiger partial charge on any atom is -0.461 e. The fourth-order valence-electron chi connectivity index (χ4n) is 1.67. The zero-order valence-corrected chi connectivity index (χ0v) is 14.7. The van der Waals surface area contributed by atoms with Crippen LogP contribution in [-0.4, -0.2) is 18.3 Å². The molecule has 0 aromatic heterocycles. The Morgan fingerprint density at radius 2 is 1.54 bits per heavy atom. The summed E-state index contributed by atoms with van der Waals surface area (Å²) in [5.41, 5.74) is -0.722. The topological polar surface area (TPSA) is 107 Å². The van der Waals surface area contributed by atoms with Crippen LogP contribution >= 0.6 is 7.82 Å². The molecule has 0 fully saturated rings. The third kappa shape index (κ3) is 5.65. The Morgan fingerprint density at radius 3 is 1.96 bits per heavy atom. The van der Waals surface area contributed by atoms with E-state index in [9.17, 15) is 9.36 Å². The lowest BCUT2D eigenvalue weighted by molar-refractivity contribution is -0.135. The number of nitriles is 1. The highest BCUT2D eigenvalue weighted by molar-refractivity contribution is 7.49. The number of nitrogens with zero attached hydrogens (tertiary/aromatic N) is 2. The monoisotopic (exact) mass is 374 g/mol. The van der Waals surface area contributed by atoms with Crippen molar-refractivity contribution >= 4 is 19.5 Å². The van der Waals surface area contributed by atoms with Gasteiger partial charge in [-0.2, -0.15) is 9.83 Å². The average Bonchev–Trinajstić information content (AvgIpc) is 2.64. The zero-order valence-electron chi connectivity index (χ0n) is 13.8. The van der Waals surface area contributed by atoms with Gasteiger partial charge in [-0.3, -0.25) is 4.62 Å². The van der Waals surface area contributed by atoms with E-state index in [1.54, 1.807) is 43.3 Å². The Kier molecular flexibility index (Phi) is 6.77. The first-order valence-electron chi connectivity index (χ1n) is 7.49. The molecule has 0 saturated heterocycles. The Morgan fingerprint density at radius 1 is 1.04 bits per heavy atom. The Balaban J connectivity index is 2.26. The van der Waals surface area contributed by atoms with Crippen LogP contribution < -0.4 is 9.05 Å². The summed E-state index contributed by atoms with van der Waals surface area (Å²) in [4.78, 5) is 11.6. The van der Waals surface area contributed by atoms with Crippen LogP contribution in [0.4, 0.5) is 0 Å². The maximum absolute atomic E-state index is 12.9. The fourth-order valence-corrected chi connectivity index (χ4v) is 2.71. The van der Waals surface area contributed by atoms with Gasteiger partial charge in [0.1, 0.15) is 17.6 Å². The molecule has 0 aliphatic carbocycles. The summed E-state index contributed by atoms with van der Waals surface area (Å²) in [6.07, 6.45) is 0. The van der Waals surface area contributed by atoms with E-state index in [4.69, 9.17) is 18.9 Å². The molecule has 0 bridgehead atoms. The molecule has 0 heterocycles. The molecule has 0 saturated carbocycles. The van der Waals surface area contributed by atoms with Crippen molar-refractivity contribution in [2.75, 3.05) is 6.61 Å². The number of hydrogen-bond acceptors (Lipinski definition) is 8. The predicted octanol–water partition coefficient (Wildman–Crippen LogP) is 3.71. The van der Waals surface area contributed by atoms with Crippen molar-refractivity contribution in [2.45, 2.75) is 6.92 Å². The maximum atomic E-state index is 12.9. The van der Waals surface area contributed by atoms with Gasteiger partial charge in [-0.05, 0) is 31.2 Å².